The minimum absolute atomic E-state index is 0.0978. The van der Waals surface area contributed by atoms with E-state index in [2.05, 4.69) is 30.4 Å². The molecular formula is C11H16N2S. The number of hydrogen-bond donors (Lipinski definition) is 1. The zero-order chi connectivity index (χ0) is 10.4. The Morgan fingerprint density at radius 3 is 2.79 bits per heavy atom. The molecule has 0 aromatic carbocycles. The summed E-state index contributed by atoms with van der Waals surface area (Å²) in [7, 11) is 0. The van der Waals surface area contributed by atoms with Crippen LogP contribution in [0.4, 0.5) is 0 Å². The molecule has 76 valence electrons. The fraction of sp³-hybridized carbons (Fsp3) is 0.545. The van der Waals surface area contributed by atoms with E-state index in [-0.39, 0.29) is 5.92 Å². The van der Waals surface area contributed by atoms with Crippen LogP contribution >= 0.6 is 11.3 Å². The number of rotatable bonds is 5. The molecular weight excluding hydrogens is 192 g/mol. The van der Waals surface area contributed by atoms with Gasteiger partial charge < -0.3 is 5.32 Å². The van der Waals surface area contributed by atoms with Crippen molar-refractivity contribution in [3.8, 4) is 6.07 Å². The molecule has 1 atom stereocenters. The molecule has 0 aliphatic rings. The molecule has 3 heteroatoms. The highest BCUT2D eigenvalue weighted by Gasteiger charge is 2.00. The Morgan fingerprint density at radius 1 is 1.50 bits per heavy atom. The lowest BCUT2D eigenvalue weighted by molar-refractivity contribution is 0.605. The van der Waals surface area contributed by atoms with E-state index in [1.807, 2.05) is 18.3 Å². The Morgan fingerprint density at radius 2 is 2.21 bits per heavy atom. The Labute approximate surface area is 89.6 Å². The molecule has 0 fully saturated rings. The summed E-state index contributed by atoms with van der Waals surface area (Å²) in [6.07, 6.45) is 1.11. The van der Waals surface area contributed by atoms with Gasteiger partial charge in [0.1, 0.15) is 0 Å². The summed E-state index contributed by atoms with van der Waals surface area (Å²) in [5, 5.41) is 11.9. The van der Waals surface area contributed by atoms with E-state index in [1.165, 1.54) is 9.75 Å². The maximum Gasteiger partial charge on any atom is 0.0666 e. The second-order valence-electron chi connectivity index (χ2n) is 3.38. The van der Waals surface area contributed by atoms with Gasteiger partial charge in [0, 0.05) is 22.8 Å². The van der Waals surface area contributed by atoms with Crippen LogP contribution in [-0.2, 0) is 13.0 Å². The van der Waals surface area contributed by atoms with Gasteiger partial charge in [-0.05, 0) is 25.5 Å². The van der Waals surface area contributed by atoms with Crippen molar-refractivity contribution in [2.75, 3.05) is 6.54 Å². The topological polar surface area (TPSA) is 35.8 Å². The van der Waals surface area contributed by atoms with Crippen molar-refractivity contribution in [2.45, 2.75) is 26.8 Å². The summed E-state index contributed by atoms with van der Waals surface area (Å²) >= 11 is 1.85. The molecule has 1 aromatic rings. The highest BCUT2D eigenvalue weighted by molar-refractivity contribution is 7.11. The van der Waals surface area contributed by atoms with Crippen molar-refractivity contribution < 1.29 is 0 Å². The van der Waals surface area contributed by atoms with Gasteiger partial charge in [0.2, 0.25) is 0 Å². The van der Waals surface area contributed by atoms with Crippen LogP contribution in [0.2, 0.25) is 0 Å². The third kappa shape index (κ3) is 3.49. The Bertz CT molecular complexity index is 311. The second-order valence-corrected chi connectivity index (χ2v) is 4.64. The van der Waals surface area contributed by atoms with Gasteiger partial charge in [-0.3, -0.25) is 0 Å². The molecule has 1 rings (SSSR count). The summed E-state index contributed by atoms with van der Waals surface area (Å²) in [5.41, 5.74) is 0. The third-order valence-corrected chi connectivity index (χ3v) is 3.27. The number of aryl methyl sites for hydroxylation is 1. The first kappa shape index (κ1) is 11.2. The highest BCUT2D eigenvalue weighted by Crippen LogP contribution is 2.16. The van der Waals surface area contributed by atoms with Gasteiger partial charge in [0.05, 0.1) is 12.0 Å². The van der Waals surface area contributed by atoms with E-state index in [9.17, 15) is 0 Å². The summed E-state index contributed by atoms with van der Waals surface area (Å²) < 4.78 is 0. The molecule has 0 aliphatic heterocycles. The lowest BCUT2D eigenvalue weighted by atomic mass is 10.2. The van der Waals surface area contributed by atoms with E-state index >= 15 is 0 Å². The molecule has 1 aromatic heterocycles. The first-order valence-corrected chi connectivity index (χ1v) is 5.75. The maximum atomic E-state index is 8.59. The van der Waals surface area contributed by atoms with Crippen molar-refractivity contribution in [1.82, 2.24) is 5.32 Å². The summed E-state index contributed by atoms with van der Waals surface area (Å²) in [4.78, 5) is 2.78. The largest absolute Gasteiger partial charge is 0.311 e. The van der Waals surface area contributed by atoms with Gasteiger partial charge in [-0.25, -0.2) is 0 Å². The number of thiophene rings is 1. The SMILES string of the molecule is CCc1ccc(CNCC(C)C#N)s1. The zero-order valence-electron chi connectivity index (χ0n) is 8.71. The van der Waals surface area contributed by atoms with Crippen molar-refractivity contribution in [3.63, 3.8) is 0 Å². The molecule has 1 heterocycles. The van der Waals surface area contributed by atoms with E-state index < -0.39 is 0 Å². The Hall–Kier alpha value is -0.850. The van der Waals surface area contributed by atoms with Crippen molar-refractivity contribution >= 4 is 11.3 Å². The number of hydrogen-bond acceptors (Lipinski definition) is 3. The first-order chi connectivity index (χ1) is 6.76. The molecule has 1 N–H and O–H groups in total. The standard InChI is InChI=1S/C11H16N2S/c1-3-10-4-5-11(14-10)8-13-7-9(2)6-12/h4-5,9,13H,3,7-8H2,1-2H3. The van der Waals surface area contributed by atoms with Gasteiger partial charge in [-0.15, -0.1) is 11.3 Å². The number of nitriles is 1. The fourth-order valence-electron chi connectivity index (χ4n) is 1.16. The van der Waals surface area contributed by atoms with Gasteiger partial charge in [0.15, 0.2) is 0 Å². The molecule has 0 radical (unpaired) electrons. The van der Waals surface area contributed by atoms with Gasteiger partial charge in [-0.2, -0.15) is 5.26 Å². The summed E-state index contributed by atoms with van der Waals surface area (Å²) in [6.45, 7) is 5.76. The third-order valence-electron chi connectivity index (χ3n) is 2.04. The van der Waals surface area contributed by atoms with Crippen LogP contribution in [0.3, 0.4) is 0 Å². The first-order valence-electron chi connectivity index (χ1n) is 4.94. The molecule has 14 heavy (non-hydrogen) atoms. The lowest BCUT2D eigenvalue weighted by Gasteiger charge is -2.03. The monoisotopic (exact) mass is 208 g/mol. The van der Waals surface area contributed by atoms with Crippen LogP contribution in [0.1, 0.15) is 23.6 Å². The lowest BCUT2D eigenvalue weighted by Crippen LogP contribution is -2.19. The second kappa shape index (κ2) is 5.79. The van der Waals surface area contributed by atoms with E-state index in [4.69, 9.17) is 5.26 Å². The van der Waals surface area contributed by atoms with Crippen LogP contribution in [0.15, 0.2) is 12.1 Å². The molecule has 0 aliphatic carbocycles. The van der Waals surface area contributed by atoms with Crippen LogP contribution in [0.25, 0.3) is 0 Å². The van der Waals surface area contributed by atoms with Crippen LogP contribution in [0.5, 0.6) is 0 Å². The number of nitrogens with one attached hydrogen (secondary N) is 1. The predicted molar refractivity (Wildman–Crippen MR) is 60.2 cm³/mol. The zero-order valence-corrected chi connectivity index (χ0v) is 9.53. The minimum Gasteiger partial charge on any atom is -0.311 e. The normalized spacial score (nSPS) is 12.4. The smallest absolute Gasteiger partial charge is 0.0666 e. The van der Waals surface area contributed by atoms with Gasteiger partial charge in [-0.1, -0.05) is 6.92 Å². The summed E-state index contributed by atoms with van der Waals surface area (Å²) in [5.74, 6) is 0.0978. The predicted octanol–water partition coefficient (Wildman–Crippen LogP) is 2.56. The fourth-order valence-corrected chi connectivity index (χ4v) is 2.09. The van der Waals surface area contributed by atoms with Crippen LogP contribution in [-0.4, -0.2) is 6.54 Å². The van der Waals surface area contributed by atoms with Crippen LogP contribution in [0, 0.1) is 17.2 Å². The van der Waals surface area contributed by atoms with Crippen molar-refractivity contribution in [2.24, 2.45) is 5.92 Å². The highest BCUT2D eigenvalue weighted by atomic mass is 32.1. The number of nitrogens with zero attached hydrogens (tertiary/aromatic N) is 1. The Balaban J connectivity index is 2.28. The quantitative estimate of drug-likeness (QED) is 0.807. The molecule has 0 bridgehead atoms. The van der Waals surface area contributed by atoms with E-state index in [0.717, 1.165) is 19.5 Å². The average molecular weight is 208 g/mol. The van der Waals surface area contributed by atoms with Crippen molar-refractivity contribution in [1.29, 1.82) is 5.26 Å². The molecule has 0 amide bonds. The van der Waals surface area contributed by atoms with Gasteiger partial charge >= 0.3 is 0 Å². The maximum absolute atomic E-state index is 8.59. The Kier molecular flexibility index (Phi) is 4.64. The molecule has 0 saturated heterocycles. The van der Waals surface area contributed by atoms with Gasteiger partial charge in [0.25, 0.3) is 0 Å². The van der Waals surface area contributed by atoms with Crippen molar-refractivity contribution in [3.05, 3.63) is 21.9 Å². The molecule has 0 spiro atoms. The molecule has 0 saturated carbocycles. The molecule has 2 nitrogen and oxygen atoms in total. The minimum atomic E-state index is 0.0978. The van der Waals surface area contributed by atoms with E-state index in [1.54, 1.807) is 0 Å². The van der Waals surface area contributed by atoms with E-state index in [0.29, 0.717) is 0 Å². The summed E-state index contributed by atoms with van der Waals surface area (Å²) in [6, 6.07) is 6.54. The average Bonchev–Trinajstić information content (AvgIpc) is 2.65. The molecule has 1 unspecified atom stereocenters. The van der Waals surface area contributed by atoms with Crippen LogP contribution < -0.4 is 5.32 Å².